The van der Waals surface area contributed by atoms with E-state index in [1.54, 1.807) is 6.07 Å². The van der Waals surface area contributed by atoms with Gasteiger partial charge in [0.25, 0.3) is 11.8 Å². The lowest BCUT2D eigenvalue weighted by molar-refractivity contribution is -0.153. The molecule has 1 aromatic rings. The number of nitrogens with zero attached hydrogens (tertiary/aromatic N) is 3. The van der Waals surface area contributed by atoms with Crippen molar-refractivity contribution in [2.75, 3.05) is 50.7 Å². The summed E-state index contributed by atoms with van der Waals surface area (Å²) >= 11 is 0. The third-order valence-corrected chi connectivity index (χ3v) is 5.85. The molecule has 2 aliphatic heterocycles. The number of rotatable bonds is 6. The fraction of sp³-hybridized carbons (Fsp3) is 0.571. The van der Waals surface area contributed by atoms with Crippen LogP contribution in [0, 0.1) is 23.1 Å². The van der Waals surface area contributed by atoms with Crippen LogP contribution in [0.25, 0.3) is 0 Å². The first-order valence-corrected chi connectivity index (χ1v) is 10.5. The highest BCUT2D eigenvalue weighted by molar-refractivity contribution is 5.90. The number of anilines is 1. The molecule has 31 heavy (non-hydrogen) atoms. The number of piperazine rings is 1. The van der Waals surface area contributed by atoms with Crippen molar-refractivity contribution >= 4 is 17.5 Å². The Labute approximate surface area is 180 Å². The van der Waals surface area contributed by atoms with Gasteiger partial charge >= 0.3 is 0 Å². The Morgan fingerprint density at radius 3 is 2.52 bits per heavy atom. The van der Waals surface area contributed by atoms with Crippen LogP contribution in [-0.4, -0.2) is 84.9 Å². The first-order valence-electron chi connectivity index (χ1n) is 10.5. The molecule has 9 nitrogen and oxygen atoms in total. The molecule has 10 heteroatoms. The molecule has 3 rings (SSSR count). The van der Waals surface area contributed by atoms with Crippen molar-refractivity contribution in [3.05, 3.63) is 29.6 Å². The molecule has 2 fully saturated rings. The van der Waals surface area contributed by atoms with E-state index in [0.29, 0.717) is 51.5 Å². The van der Waals surface area contributed by atoms with E-state index in [1.807, 2.05) is 11.0 Å². The highest BCUT2D eigenvalue weighted by atomic mass is 19.1. The van der Waals surface area contributed by atoms with Crippen LogP contribution in [0.15, 0.2) is 18.2 Å². The predicted molar refractivity (Wildman–Crippen MR) is 111 cm³/mol. The van der Waals surface area contributed by atoms with Gasteiger partial charge in [0.1, 0.15) is 11.9 Å². The van der Waals surface area contributed by atoms with Crippen molar-refractivity contribution in [1.82, 2.24) is 15.5 Å². The second-order valence-electron chi connectivity index (χ2n) is 7.91. The van der Waals surface area contributed by atoms with Crippen LogP contribution in [0.3, 0.4) is 0 Å². The summed E-state index contributed by atoms with van der Waals surface area (Å²) < 4.78 is 13.3. The molecule has 0 unspecified atom stereocenters. The second-order valence-corrected chi connectivity index (χ2v) is 7.91. The van der Waals surface area contributed by atoms with Gasteiger partial charge in [0.15, 0.2) is 12.2 Å². The van der Waals surface area contributed by atoms with Crippen LogP contribution in [0.1, 0.15) is 18.4 Å². The second kappa shape index (κ2) is 10.5. The summed E-state index contributed by atoms with van der Waals surface area (Å²) in [5.74, 6) is -1.72. The monoisotopic (exact) mass is 433 g/mol. The lowest BCUT2D eigenvalue weighted by atomic mass is 9.95. The number of carbonyl (C=O) groups is 2. The van der Waals surface area contributed by atoms with Crippen molar-refractivity contribution in [1.29, 1.82) is 5.26 Å². The lowest BCUT2D eigenvalue weighted by Crippen LogP contribution is -2.55. The number of nitriles is 1. The Balaban J connectivity index is 1.45. The number of amides is 2. The molecule has 0 saturated carbocycles. The SMILES string of the molecule is N#Cc1cc(F)ccc1N1CCC(CNC(=O)[C@H](O)[C@@H](O)C(=O)N2CCNCC2)CC1. The standard InChI is InChI=1S/C21H28FN5O4/c22-16-1-2-17(15(11-16)12-23)26-7-3-14(4-8-26)13-25-20(30)18(28)19(29)21(31)27-9-5-24-6-10-27/h1-2,11,14,18-19,24,28-29H,3-10,13H2,(H,25,30)/t18-,19-/m1/s1. The lowest BCUT2D eigenvalue weighted by Gasteiger charge is -2.34. The van der Waals surface area contributed by atoms with E-state index >= 15 is 0 Å². The molecule has 168 valence electrons. The van der Waals surface area contributed by atoms with E-state index < -0.39 is 29.8 Å². The van der Waals surface area contributed by atoms with E-state index in [1.165, 1.54) is 17.0 Å². The molecule has 2 amide bonds. The van der Waals surface area contributed by atoms with Gasteiger partial charge in [-0.2, -0.15) is 5.26 Å². The molecule has 0 radical (unpaired) electrons. The average molecular weight is 433 g/mol. The molecule has 0 aromatic heterocycles. The minimum atomic E-state index is -1.82. The molecular formula is C21H28FN5O4. The third-order valence-electron chi connectivity index (χ3n) is 5.85. The minimum Gasteiger partial charge on any atom is -0.380 e. The van der Waals surface area contributed by atoms with Crippen molar-refractivity contribution in [2.24, 2.45) is 5.92 Å². The zero-order chi connectivity index (χ0) is 22.4. The highest BCUT2D eigenvalue weighted by Gasteiger charge is 2.34. The summed E-state index contributed by atoms with van der Waals surface area (Å²) in [6, 6.07) is 6.17. The highest BCUT2D eigenvalue weighted by Crippen LogP contribution is 2.26. The Kier molecular flexibility index (Phi) is 7.79. The fourth-order valence-electron chi connectivity index (χ4n) is 3.95. The Hall–Kier alpha value is -2.74. The van der Waals surface area contributed by atoms with Crippen LogP contribution >= 0.6 is 0 Å². The zero-order valence-corrected chi connectivity index (χ0v) is 17.3. The molecule has 0 aliphatic carbocycles. The van der Waals surface area contributed by atoms with Gasteiger partial charge in [-0.25, -0.2) is 4.39 Å². The number of nitrogens with one attached hydrogen (secondary N) is 2. The molecule has 0 bridgehead atoms. The van der Waals surface area contributed by atoms with Gasteiger partial charge in [0.2, 0.25) is 0 Å². The van der Waals surface area contributed by atoms with Crippen LogP contribution in [0.4, 0.5) is 10.1 Å². The average Bonchev–Trinajstić information content (AvgIpc) is 2.81. The maximum Gasteiger partial charge on any atom is 0.254 e. The quantitative estimate of drug-likeness (QED) is 0.462. The van der Waals surface area contributed by atoms with E-state index in [0.717, 1.165) is 12.8 Å². The summed E-state index contributed by atoms with van der Waals surface area (Å²) in [4.78, 5) is 27.9. The van der Waals surface area contributed by atoms with Gasteiger partial charge in [-0.3, -0.25) is 9.59 Å². The smallest absolute Gasteiger partial charge is 0.254 e. The van der Waals surface area contributed by atoms with Gasteiger partial charge < -0.3 is 30.6 Å². The predicted octanol–water partition coefficient (Wildman–Crippen LogP) is -0.816. The number of benzene rings is 1. The largest absolute Gasteiger partial charge is 0.380 e. The number of halogens is 1. The minimum absolute atomic E-state index is 0.152. The molecule has 2 atom stereocenters. The van der Waals surface area contributed by atoms with Gasteiger partial charge in [0.05, 0.1) is 11.3 Å². The number of aliphatic hydroxyl groups is 2. The Morgan fingerprint density at radius 2 is 1.87 bits per heavy atom. The van der Waals surface area contributed by atoms with Crippen molar-refractivity contribution < 1.29 is 24.2 Å². The van der Waals surface area contributed by atoms with Crippen LogP contribution in [0.5, 0.6) is 0 Å². The zero-order valence-electron chi connectivity index (χ0n) is 17.3. The van der Waals surface area contributed by atoms with Crippen LogP contribution in [-0.2, 0) is 9.59 Å². The van der Waals surface area contributed by atoms with E-state index in [2.05, 4.69) is 10.6 Å². The molecule has 2 saturated heterocycles. The van der Waals surface area contributed by atoms with Gasteiger partial charge in [-0.15, -0.1) is 0 Å². The van der Waals surface area contributed by atoms with Gasteiger partial charge in [-0.1, -0.05) is 0 Å². The number of aliphatic hydroxyl groups excluding tert-OH is 2. The number of hydrogen-bond donors (Lipinski definition) is 4. The first-order chi connectivity index (χ1) is 14.9. The normalized spacial score (nSPS) is 19.4. The van der Waals surface area contributed by atoms with Crippen LogP contribution < -0.4 is 15.5 Å². The molecule has 0 spiro atoms. The van der Waals surface area contributed by atoms with Crippen molar-refractivity contribution in [3.8, 4) is 6.07 Å². The van der Waals surface area contributed by atoms with Gasteiger partial charge in [-0.05, 0) is 37.0 Å². The third kappa shape index (κ3) is 5.70. The number of carbonyl (C=O) groups excluding carboxylic acids is 2. The van der Waals surface area contributed by atoms with Crippen molar-refractivity contribution in [3.63, 3.8) is 0 Å². The topological polar surface area (TPSA) is 129 Å². The van der Waals surface area contributed by atoms with E-state index in [-0.39, 0.29) is 11.5 Å². The van der Waals surface area contributed by atoms with Crippen LogP contribution in [0.2, 0.25) is 0 Å². The first kappa shape index (κ1) is 22.9. The maximum atomic E-state index is 13.3. The molecule has 2 heterocycles. The Bertz CT molecular complexity index is 832. The summed E-state index contributed by atoms with van der Waals surface area (Å²) in [6.07, 6.45) is -2.13. The van der Waals surface area contributed by atoms with Crippen molar-refractivity contribution in [2.45, 2.75) is 25.0 Å². The van der Waals surface area contributed by atoms with E-state index in [4.69, 9.17) is 0 Å². The molecule has 1 aromatic carbocycles. The molecular weight excluding hydrogens is 405 g/mol. The number of piperidine rings is 1. The summed E-state index contributed by atoms with van der Waals surface area (Å²) in [5.41, 5.74) is 0.981. The number of hydrogen-bond acceptors (Lipinski definition) is 7. The Morgan fingerprint density at radius 1 is 1.19 bits per heavy atom. The van der Waals surface area contributed by atoms with E-state index in [9.17, 15) is 29.5 Å². The summed E-state index contributed by atoms with van der Waals surface area (Å²) in [6.45, 7) is 3.66. The summed E-state index contributed by atoms with van der Waals surface area (Å²) in [5, 5.41) is 35.1. The maximum absolute atomic E-state index is 13.3. The summed E-state index contributed by atoms with van der Waals surface area (Å²) in [7, 11) is 0. The fourth-order valence-corrected chi connectivity index (χ4v) is 3.95. The molecule has 2 aliphatic rings. The molecule has 4 N–H and O–H groups in total. The van der Waals surface area contributed by atoms with Gasteiger partial charge in [0, 0.05) is 45.8 Å².